The number of aryl methyl sites for hydroxylation is 2. The minimum absolute atomic E-state index is 0.831. The molecule has 5 heteroatoms. The lowest BCUT2D eigenvalue weighted by molar-refractivity contribution is 0.309. The van der Waals surface area contributed by atoms with Gasteiger partial charge in [0, 0.05) is 31.4 Å². The maximum Gasteiger partial charge on any atom is 0.128 e. The van der Waals surface area contributed by atoms with Crippen molar-refractivity contribution in [2.45, 2.75) is 58.5 Å². The van der Waals surface area contributed by atoms with Gasteiger partial charge >= 0.3 is 0 Å². The first-order valence-electron chi connectivity index (χ1n) is 8.30. The molecule has 1 aliphatic rings. The highest BCUT2D eigenvalue weighted by Gasteiger charge is 2.16. The Morgan fingerprint density at radius 2 is 2.05 bits per heavy atom. The molecule has 0 spiro atoms. The molecule has 0 radical (unpaired) electrons. The Balaban J connectivity index is 1.66. The molecular weight excluding hydrogens is 274 g/mol. The van der Waals surface area contributed by atoms with Crippen LogP contribution in [0.15, 0.2) is 12.3 Å². The van der Waals surface area contributed by atoms with Gasteiger partial charge in [0.05, 0.1) is 11.4 Å². The summed E-state index contributed by atoms with van der Waals surface area (Å²) in [6.45, 7) is 3.79. The second-order valence-electron chi connectivity index (χ2n) is 6.18. The van der Waals surface area contributed by atoms with Gasteiger partial charge in [0.1, 0.15) is 5.82 Å². The molecule has 0 saturated heterocycles. The highest BCUT2D eigenvalue weighted by Crippen LogP contribution is 2.22. The second-order valence-corrected chi connectivity index (χ2v) is 6.18. The predicted molar refractivity (Wildman–Crippen MR) is 86.4 cm³/mol. The standard InChI is InChI=1S/C17H25N5/c1-3-17-18-10-9-13(19-17)11-22(2)12-16-14-7-5-4-6-8-15(14)20-21-16/h9-10H,3-8,11-12H2,1-2H3,(H,20,21). The van der Waals surface area contributed by atoms with Crippen LogP contribution in [0.2, 0.25) is 0 Å². The van der Waals surface area contributed by atoms with E-state index < -0.39 is 0 Å². The molecule has 0 amide bonds. The van der Waals surface area contributed by atoms with Crippen molar-refractivity contribution in [2.75, 3.05) is 7.05 Å². The molecule has 0 fully saturated rings. The van der Waals surface area contributed by atoms with E-state index in [1.807, 2.05) is 12.3 Å². The first kappa shape index (κ1) is 15.2. The Bertz CT molecular complexity index is 619. The fraction of sp³-hybridized carbons (Fsp3) is 0.588. The lowest BCUT2D eigenvalue weighted by Crippen LogP contribution is -2.19. The molecule has 22 heavy (non-hydrogen) atoms. The van der Waals surface area contributed by atoms with Gasteiger partial charge in [0.25, 0.3) is 0 Å². The Kier molecular flexibility index (Phi) is 4.83. The summed E-state index contributed by atoms with van der Waals surface area (Å²) in [5.41, 5.74) is 5.11. The van der Waals surface area contributed by atoms with E-state index in [-0.39, 0.29) is 0 Å². The van der Waals surface area contributed by atoms with Gasteiger partial charge in [0.2, 0.25) is 0 Å². The van der Waals surface area contributed by atoms with Gasteiger partial charge < -0.3 is 0 Å². The SMILES string of the molecule is CCc1nccc(CN(C)Cc2n[nH]c3c2CCCCC3)n1. The molecule has 2 aromatic heterocycles. The van der Waals surface area contributed by atoms with Gasteiger partial charge in [0.15, 0.2) is 0 Å². The van der Waals surface area contributed by atoms with E-state index >= 15 is 0 Å². The van der Waals surface area contributed by atoms with Gasteiger partial charge in [-0.1, -0.05) is 13.3 Å². The molecule has 0 aliphatic heterocycles. The molecule has 0 saturated carbocycles. The molecule has 2 heterocycles. The molecule has 0 bridgehead atoms. The van der Waals surface area contributed by atoms with Crippen LogP contribution in [0.4, 0.5) is 0 Å². The third kappa shape index (κ3) is 3.53. The summed E-state index contributed by atoms with van der Waals surface area (Å²) in [6.07, 6.45) is 8.96. The van der Waals surface area contributed by atoms with Crippen LogP contribution in [0.25, 0.3) is 0 Å². The van der Waals surface area contributed by atoms with Crippen LogP contribution in [0.3, 0.4) is 0 Å². The first-order chi connectivity index (χ1) is 10.8. The fourth-order valence-electron chi connectivity index (χ4n) is 3.14. The molecule has 0 aromatic carbocycles. The van der Waals surface area contributed by atoms with Crippen molar-refractivity contribution in [1.29, 1.82) is 0 Å². The van der Waals surface area contributed by atoms with E-state index in [2.05, 4.69) is 39.0 Å². The van der Waals surface area contributed by atoms with Gasteiger partial charge in [-0.05, 0) is 44.4 Å². The van der Waals surface area contributed by atoms with Crippen molar-refractivity contribution in [2.24, 2.45) is 0 Å². The maximum atomic E-state index is 4.58. The van der Waals surface area contributed by atoms with Crippen LogP contribution in [-0.2, 0) is 32.4 Å². The molecule has 0 unspecified atom stereocenters. The summed E-state index contributed by atoms with van der Waals surface area (Å²) in [6, 6.07) is 2.00. The van der Waals surface area contributed by atoms with Crippen LogP contribution in [-0.4, -0.2) is 32.1 Å². The van der Waals surface area contributed by atoms with E-state index in [0.29, 0.717) is 0 Å². The van der Waals surface area contributed by atoms with Crippen LogP contribution in [0.5, 0.6) is 0 Å². The number of nitrogens with one attached hydrogen (secondary N) is 1. The summed E-state index contributed by atoms with van der Waals surface area (Å²) in [5, 5.41) is 7.81. The highest BCUT2D eigenvalue weighted by atomic mass is 15.2. The number of fused-ring (bicyclic) bond motifs is 1. The largest absolute Gasteiger partial charge is 0.295 e. The third-order valence-electron chi connectivity index (χ3n) is 4.32. The van der Waals surface area contributed by atoms with Crippen LogP contribution < -0.4 is 0 Å². The zero-order chi connectivity index (χ0) is 15.4. The van der Waals surface area contributed by atoms with E-state index in [9.17, 15) is 0 Å². The molecular formula is C17H25N5. The highest BCUT2D eigenvalue weighted by molar-refractivity contribution is 5.26. The van der Waals surface area contributed by atoms with E-state index in [0.717, 1.165) is 37.4 Å². The normalized spacial score (nSPS) is 14.9. The number of nitrogens with zero attached hydrogens (tertiary/aromatic N) is 4. The van der Waals surface area contributed by atoms with Gasteiger partial charge in [-0.3, -0.25) is 10.00 Å². The molecule has 3 rings (SSSR count). The van der Waals surface area contributed by atoms with Crippen LogP contribution in [0.1, 0.15) is 54.7 Å². The zero-order valence-electron chi connectivity index (χ0n) is 13.6. The summed E-state index contributed by atoms with van der Waals surface area (Å²) in [7, 11) is 2.13. The van der Waals surface area contributed by atoms with Crippen molar-refractivity contribution in [3.8, 4) is 0 Å². The maximum absolute atomic E-state index is 4.58. The Morgan fingerprint density at radius 1 is 1.18 bits per heavy atom. The number of hydrogen-bond donors (Lipinski definition) is 1. The second kappa shape index (κ2) is 7.01. The predicted octanol–water partition coefficient (Wildman–Crippen LogP) is 2.66. The quantitative estimate of drug-likeness (QED) is 0.862. The zero-order valence-corrected chi connectivity index (χ0v) is 13.6. The summed E-state index contributed by atoms with van der Waals surface area (Å²) in [4.78, 5) is 11.1. The average Bonchev–Trinajstić information content (AvgIpc) is 2.75. The summed E-state index contributed by atoms with van der Waals surface area (Å²) in [5.74, 6) is 0.916. The number of H-pyrrole nitrogens is 1. The Labute approximate surface area is 132 Å². The number of hydrogen-bond acceptors (Lipinski definition) is 4. The topological polar surface area (TPSA) is 57.7 Å². The van der Waals surface area contributed by atoms with Crippen molar-refractivity contribution in [3.05, 3.63) is 40.7 Å². The summed E-state index contributed by atoms with van der Waals surface area (Å²) >= 11 is 0. The van der Waals surface area contributed by atoms with Crippen molar-refractivity contribution >= 4 is 0 Å². The molecule has 0 atom stereocenters. The van der Waals surface area contributed by atoms with E-state index in [1.165, 1.54) is 42.6 Å². The lowest BCUT2D eigenvalue weighted by atomic mass is 10.1. The van der Waals surface area contributed by atoms with Crippen molar-refractivity contribution < 1.29 is 0 Å². The minimum atomic E-state index is 0.831. The molecule has 1 N–H and O–H groups in total. The van der Waals surface area contributed by atoms with Crippen LogP contribution >= 0.6 is 0 Å². The van der Waals surface area contributed by atoms with Crippen molar-refractivity contribution in [3.63, 3.8) is 0 Å². The number of aromatic nitrogens is 4. The summed E-state index contributed by atoms with van der Waals surface area (Å²) < 4.78 is 0. The first-order valence-corrected chi connectivity index (χ1v) is 8.30. The van der Waals surface area contributed by atoms with E-state index in [4.69, 9.17) is 0 Å². The van der Waals surface area contributed by atoms with E-state index in [1.54, 1.807) is 0 Å². The van der Waals surface area contributed by atoms with Crippen molar-refractivity contribution in [1.82, 2.24) is 25.1 Å². The van der Waals surface area contributed by atoms with Gasteiger partial charge in [-0.15, -0.1) is 0 Å². The Hall–Kier alpha value is -1.75. The lowest BCUT2D eigenvalue weighted by Gasteiger charge is -2.16. The monoisotopic (exact) mass is 299 g/mol. The smallest absolute Gasteiger partial charge is 0.128 e. The fourth-order valence-corrected chi connectivity index (χ4v) is 3.14. The molecule has 5 nitrogen and oxygen atoms in total. The third-order valence-corrected chi connectivity index (χ3v) is 4.32. The molecule has 2 aromatic rings. The Morgan fingerprint density at radius 3 is 2.91 bits per heavy atom. The van der Waals surface area contributed by atoms with Crippen LogP contribution in [0, 0.1) is 0 Å². The van der Waals surface area contributed by atoms with Gasteiger partial charge in [-0.2, -0.15) is 5.10 Å². The molecule has 118 valence electrons. The number of aromatic amines is 1. The average molecular weight is 299 g/mol. The molecule has 1 aliphatic carbocycles. The minimum Gasteiger partial charge on any atom is -0.295 e. The van der Waals surface area contributed by atoms with Gasteiger partial charge in [-0.25, -0.2) is 9.97 Å². The number of rotatable bonds is 5.